The number of nitrogens with zero attached hydrogens (tertiary/aromatic N) is 1. The molecule has 1 aliphatic heterocycles. The van der Waals surface area contributed by atoms with Crippen LogP contribution in [0.25, 0.3) is 10.8 Å². The van der Waals surface area contributed by atoms with Crippen molar-refractivity contribution in [3.8, 4) is 5.75 Å². The maximum absolute atomic E-state index is 13.0. The van der Waals surface area contributed by atoms with E-state index < -0.39 is 0 Å². The van der Waals surface area contributed by atoms with Crippen molar-refractivity contribution in [2.75, 3.05) is 12.0 Å². The molecule has 138 valence electrons. The molecule has 1 aliphatic rings. The minimum absolute atomic E-state index is 0.0536. The highest BCUT2D eigenvalue weighted by molar-refractivity contribution is 6.04. The minimum Gasteiger partial charge on any atom is -0.497 e. The number of amides is 1. The summed E-state index contributed by atoms with van der Waals surface area (Å²) in [6.45, 7) is 2.18. The molecule has 0 spiro atoms. The SMILES string of the molecule is CCCC[C@H]1C(=O)N(c2ccc(OC)cc2)[C@H]1c1cccc2ccccc12. The van der Waals surface area contributed by atoms with Gasteiger partial charge in [0.2, 0.25) is 5.91 Å². The molecule has 1 amide bonds. The summed E-state index contributed by atoms with van der Waals surface area (Å²) in [5.74, 6) is 1.08. The van der Waals surface area contributed by atoms with Crippen LogP contribution in [0, 0.1) is 5.92 Å². The predicted molar refractivity (Wildman–Crippen MR) is 110 cm³/mol. The number of carbonyl (C=O) groups is 1. The third kappa shape index (κ3) is 3.08. The molecule has 1 heterocycles. The summed E-state index contributed by atoms with van der Waals surface area (Å²) in [4.78, 5) is 15.0. The van der Waals surface area contributed by atoms with Crippen molar-refractivity contribution in [3.63, 3.8) is 0 Å². The predicted octanol–water partition coefficient (Wildman–Crippen LogP) is 5.74. The van der Waals surface area contributed by atoms with E-state index in [-0.39, 0.29) is 17.9 Å². The maximum Gasteiger partial charge on any atom is 0.233 e. The first-order chi connectivity index (χ1) is 13.2. The molecule has 0 N–H and O–H groups in total. The molecule has 3 aromatic carbocycles. The first-order valence-electron chi connectivity index (χ1n) is 9.69. The van der Waals surface area contributed by atoms with Gasteiger partial charge in [0.1, 0.15) is 5.75 Å². The average Bonchev–Trinajstić information content (AvgIpc) is 2.72. The standard InChI is InChI=1S/C24H25NO2/c1-3-4-10-22-23(21-12-7-9-17-8-5-6-11-20(17)21)25(24(22)26)18-13-15-19(27-2)16-14-18/h5-9,11-16,22-23H,3-4,10H2,1-2H3/t22-,23+/m1/s1. The van der Waals surface area contributed by atoms with Crippen molar-refractivity contribution in [1.29, 1.82) is 0 Å². The largest absolute Gasteiger partial charge is 0.497 e. The number of rotatable bonds is 6. The normalized spacial score (nSPS) is 19.2. The van der Waals surface area contributed by atoms with E-state index in [0.717, 1.165) is 30.7 Å². The van der Waals surface area contributed by atoms with Crippen LogP contribution in [0.15, 0.2) is 66.7 Å². The number of methoxy groups -OCH3 is 1. The van der Waals surface area contributed by atoms with Gasteiger partial charge in [-0.2, -0.15) is 0 Å². The van der Waals surface area contributed by atoms with E-state index in [1.807, 2.05) is 29.2 Å². The summed E-state index contributed by atoms with van der Waals surface area (Å²) in [6.07, 6.45) is 3.12. The Hall–Kier alpha value is -2.81. The first kappa shape index (κ1) is 17.6. The molecular formula is C24H25NO2. The monoisotopic (exact) mass is 359 g/mol. The molecule has 0 aliphatic carbocycles. The number of fused-ring (bicyclic) bond motifs is 1. The Morgan fingerprint density at radius 3 is 2.44 bits per heavy atom. The van der Waals surface area contributed by atoms with Crippen LogP contribution in [0.5, 0.6) is 5.75 Å². The second-order valence-corrected chi connectivity index (χ2v) is 7.17. The number of hydrogen-bond donors (Lipinski definition) is 0. The van der Waals surface area contributed by atoms with Crippen LogP contribution in [0.1, 0.15) is 37.8 Å². The lowest BCUT2D eigenvalue weighted by atomic mass is 9.77. The second-order valence-electron chi connectivity index (χ2n) is 7.17. The van der Waals surface area contributed by atoms with Crippen LogP contribution in [0.2, 0.25) is 0 Å². The zero-order valence-electron chi connectivity index (χ0n) is 15.9. The number of ether oxygens (including phenoxy) is 1. The van der Waals surface area contributed by atoms with Gasteiger partial charge in [-0.15, -0.1) is 0 Å². The Bertz CT molecular complexity index is 943. The first-order valence-corrected chi connectivity index (χ1v) is 9.69. The lowest BCUT2D eigenvalue weighted by Gasteiger charge is -2.48. The molecule has 3 aromatic rings. The van der Waals surface area contributed by atoms with Crippen LogP contribution in [-0.4, -0.2) is 13.0 Å². The van der Waals surface area contributed by atoms with Crippen molar-refractivity contribution >= 4 is 22.4 Å². The molecule has 0 radical (unpaired) electrons. The highest BCUT2D eigenvalue weighted by atomic mass is 16.5. The van der Waals surface area contributed by atoms with Gasteiger partial charge in [0.05, 0.1) is 19.1 Å². The van der Waals surface area contributed by atoms with Gasteiger partial charge in [-0.1, -0.05) is 62.2 Å². The minimum atomic E-state index is 0.0536. The van der Waals surface area contributed by atoms with Gasteiger partial charge in [-0.3, -0.25) is 4.79 Å². The highest BCUT2D eigenvalue weighted by Gasteiger charge is 2.48. The Balaban J connectivity index is 1.77. The molecule has 27 heavy (non-hydrogen) atoms. The molecule has 0 bridgehead atoms. The van der Waals surface area contributed by atoms with E-state index in [0.29, 0.717) is 0 Å². The number of benzene rings is 3. The van der Waals surface area contributed by atoms with Crippen molar-refractivity contribution in [3.05, 3.63) is 72.3 Å². The van der Waals surface area contributed by atoms with Gasteiger partial charge >= 0.3 is 0 Å². The Labute approximate surface area is 160 Å². The molecular weight excluding hydrogens is 334 g/mol. The molecule has 1 fully saturated rings. The topological polar surface area (TPSA) is 29.5 Å². The lowest BCUT2D eigenvalue weighted by molar-refractivity contribution is -0.130. The summed E-state index contributed by atoms with van der Waals surface area (Å²) >= 11 is 0. The average molecular weight is 359 g/mol. The molecule has 0 aromatic heterocycles. The van der Waals surface area contributed by atoms with Gasteiger partial charge in [0.15, 0.2) is 0 Å². The molecule has 0 unspecified atom stereocenters. The van der Waals surface area contributed by atoms with Crippen LogP contribution in [0.4, 0.5) is 5.69 Å². The van der Waals surface area contributed by atoms with E-state index in [1.165, 1.54) is 16.3 Å². The van der Waals surface area contributed by atoms with Crippen molar-refractivity contribution in [2.24, 2.45) is 5.92 Å². The third-order valence-electron chi connectivity index (χ3n) is 5.58. The molecule has 4 rings (SSSR count). The third-order valence-corrected chi connectivity index (χ3v) is 5.58. The molecule has 2 atom stereocenters. The maximum atomic E-state index is 13.0. The summed E-state index contributed by atoms with van der Waals surface area (Å²) in [6, 6.07) is 22.7. The van der Waals surface area contributed by atoms with Gasteiger partial charge < -0.3 is 9.64 Å². The zero-order valence-corrected chi connectivity index (χ0v) is 15.9. The number of β-lactam (4-membered cyclic amide) rings is 1. The summed E-state index contributed by atoms with van der Waals surface area (Å²) < 4.78 is 5.27. The lowest BCUT2D eigenvalue weighted by Crippen LogP contribution is -2.55. The van der Waals surface area contributed by atoms with Gasteiger partial charge in [0, 0.05) is 5.69 Å². The van der Waals surface area contributed by atoms with Gasteiger partial charge in [-0.05, 0) is 47.0 Å². The fourth-order valence-electron chi connectivity index (χ4n) is 4.15. The van der Waals surface area contributed by atoms with Crippen LogP contribution >= 0.6 is 0 Å². The van der Waals surface area contributed by atoms with Gasteiger partial charge in [-0.25, -0.2) is 0 Å². The van der Waals surface area contributed by atoms with Gasteiger partial charge in [0.25, 0.3) is 0 Å². The number of anilines is 1. The van der Waals surface area contributed by atoms with Crippen molar-refractivity contribution in [2.45, 2.75) is 32.2 Å². The van der Waals surface area contributed by atoms with Crippen LogP contribution in [0.3, 0.4) is 0 Å². The van der Waals surface area contributed by atoms with E-state index in [4.69, 9.17) is 4.74 Å². The number of carbonyl (C=O) groups excluding carboxylic acids is 1. The quantitative estimate of drug-likeness (QED) is 0.525. The van der Waals surface area contributed by atoms with E-state index in [9.17, 15) is 4.79 Å². The highest BCUT2D eigenvalue weighted by Crippen LogP contribution is 2.47. The molecule has 0 saturated carbocycles. The van der Waals surface area contributed by atoms with Crippen molar-refractivity contribution in [1.82, 2.24) is 0 Å². The Morgan fingerprint density at radius 2 is 1.70 bits per heavy atom. The molecule has 3 nitrogen and oxygen atoms in total. The summed E-state index contributed by atoms with van der Waals surface area (Å²) in [7, 11) is 1.66. The zero-order chi connectivity index (χ0) is 18.8. The van der Waals surface area contributed by atoms with E-state index in [1.54, 1.807) is 7.11 Å². The Kier molecular flexibility index (Phi) is 4.85. The molecule has 3 heteroatoms. The van der Waals surface area contributed by atoms with Crippen molar-refractivity contribution < 1.29 is 9.53 Å². The second kappa shape index (κ2) is 7.43. The summed E-state index contributed by atoms with van der Waals surface area (Å²) in [5, 5.41) is 2.45. The fraction of sp³-hybridized carbons (Fsp3) is 0.292. The fourth-order valence-corrected chi connectivity index (χ4v) is 4.15. The van der Waals surface area contributed by atoms with Crippen LogP contribution in [-0.2, 0) is 4.79 Å². The molecule has 1 saturated heterocycles. The summed E-state index contributed by atoms with van der Waals surface area (Å²) in [5.41, 5.74) is 2.18. The number of unbranched alkanes of at least 4 members (excludes halogenated alkanes) is 1. The van der Waals surface area contributed by atoms with E-state index in [2.05, 4.69) is 49.4 Å². The smallest absolute Gasteiger partial charge is 0.233 e. The van der Waals surface area contributed by atoms with Crippen LogP contribution < -0.4 is 9.64 Å². The van der Waals surface area contributed by atoms with E-state index >= 15 is 0 Å². The number of hydrogen-bond acceptors (Lipinski definition) is 2. The Morgan fingerprint density at radius 1 is 0.963 bits per heavy atom.